The number of aromatic nitrogens is 2. The standard InChI is InChI=1S/C20H16N4O2/c1-26-16-4-2-3-15(9-16)24-12-22-19-17(10-18(25)23-20(19)24)14-7-5-13(11-21)6-8-14/h2-9,12,17H,10H2,1H3,(H,23,25)/t17-/m0/s1. The van der Waals surface area contributed by atoms with Gasteiger partial charge in [-0.1, -0.05) is 18.2 Å². The maximum atomic E-state index is 12.3. The molecule has 0 spiro atoms. The number of imidazole rings is 1. The van der Waals surface area contributed by atoms with E-state index < -0.39 is 0 Å². The third-order valence-electron chi connectivity index (χ3n) is 4.55. The van der Waals surface area contributed by atoms with Crippen molar-refractivity contribution in [2.45, 2.75) is 12.3 Å². The van der Waals surface area contributed by atoms with Crippen molar-refractivity contribution in [2.24, 2.45) is 0 Å². The van der Waals surface area contributed by atoms with Crippen LogP contribution in [0.4, 0.5) is 5.82 Å². The maximum absolute atomic E-state index is 12.3. The van der Waals surface area contributed by atoms with Gasteiger partial charge < -0.3 is 10.1 Å². The first kappa shape index (κ1) is 15.9. The summed E-state index contributed by atoms with van der Waals surface area (Å²) in [5.41, 5.74) is 3.24. The molecule has 1 aromatic heterocycles. The lowest BCUT2D eigenvalue weighted by atomic mass is 9.89. The number of nitrogens with one attached hydrogen (secondary N) is 1. The molecule has 1 N–H and O–H groups in total. The van der Waals surface area contributed by atoms with Gasteiger partial charge in [-0.2, -0.15) is 5.26 Å². The van der Waals surface area contributed by atoms with Gasteiger partial charge in [0.25, 0.3) is 0 Å². The van der Waals surface area contributed by atoms with Gasteiger partial charge in [-0.3, -0.25) is 9.36 Å². The SMILES string of the molecule is COc1cccc(-n2cnc3c2NC(=O)C[C@H]3c2ccc(C#N)cc2)c1. The van der Waals surface area contributed by atoms with Gasteiger partial charge in [0.1, 0.15) is 17.9 Å². The summed E-state index contributed by atoms with van der Waals surface area (Å²) < 4.78 is 7.14. The van der Waals surface area contributed by atoms with Crippen LogP contribution < -0.4 is 10.1 Å². The highest BCUT2D eigenvalue weighted by Gasteiger charge is 2.31. The Hall–Kier alpha value is -3.59. The van der Waals surface area contributed by atoms with Gasteiger partial charge >= 0.3 is 0 Å². The van der Waals surface area contributed by atoms with Crippen LogP contribution >= 0.6 is 0 Å². The molecule has 128 valence electrons. The van der Waals surface area contributed by atoms with Gasteiger partial charge in [0.2, 0.25) is 5.91 Å². The van der Waals surface area contributed by atoms with E-state index in [1.54, 1.807) is 25.6 Å². The average Bonchev–Trinajstić information content (AvgIpc) is 3.11. The molecule has 0 fully saturated rings. The fraction of sp³-hybridized carbons (Fsp3) is 0.150. The van der Waals surface area contributed by atoms with Gasteiger partial charge in [-0.15, -0.1) is 0 Å². The fourth-order valence-corrected chi connectivity index (χ4v) is 3.23. The van der Waals surface area contributed by atoms with Crippen LogP contribution in [0.1, 0.15) is 29.2 Å². The molecule has 6 heteroatoms. The molecule has 1 aliphatic rings. The van der Waals surface area contributed by atoms with Gasteiger partial charge in [0.05, 0.1) is 30.1 Å². The Labute approximate surface area is 150 Å². The van der Waals surface area contributed by atoms with Crippen LogP contribution in [0.2, 0.25) is 0 Å². The van der Waals surface area contributed by atoms with E-state index in [9.17, 15) is 4.79 Å². The largest absolute Gasteiger partial charge is 0.497 e. The van der Waals surface area contributed by atoms with E-state index in [2.05, 4.69) is 16.4 Å². The summed E-state index contributed by atoms with van der Waals surface area (Å²) in [6.07, 6.45) is 2.04. The van der Waals surface area contributed by atoms with Gasteiger partial charge in [0.15, 0.2) is 0 Å². The fourth-order valence-electron chi connectivity index (χ4n) is 3.23. The lowest BCUT2D eigenvalue weighted by molar-refractivity contribution is -0.116. The van der Waals surface area contributed by atoms with Crippen molar-refractivity contribution in [3.05, 3.63) is 71.7 Å². The van der Waals surface area contributed by atoms with E-state index in [1.165, 1.54) is 0 Å². The van der Waals surface area contributed by atoms with E-state index in [0.717, 1.165) is 22.7 Å². The molecule has 0 saturated heterocycles. The highest BCUT2D eigenvalue weighted by atomic mass is 16.5. The quantitative estimate of drug-likeness (QED) is 0.791. The number of hydrogen-bond acceptors (Lipinski definition) is 4. The number of rotatable bonds is 3. The van der Waals surface area contributed by atoms with Crippen LogP contribution in [0.15, 0.2) is 54.9 Å². The van der Waals surface area contributed by atoms with Crippen molar-refractivity contribution in [1.82, 2.24) is 9.55 Å². The predicted octanol–water partition coefficient (Wildman–Crippen LogP) is 3.23. The molecule has 26 heavy (non-hydrogen) atoms. The van der Waals surface area contributed by atoms with Crippen LogP contribution in [-0.2, 0) is 4.79 Å². The first-order valence-electron chi connectivity index (χ1n) is 8.21. The van der Waals surface area contributed by atoms with Gasteiger partial charge in [0, 0.05) is 18.4 Å². The lowest BCUT2D eigenvalue weighted by Crippen LogP contribution is -2.24. The zero-order chi connectivity index (χ0) is 18.1. The summed E-state index contributed by atoms with van der Waals surface area (Å²) >= 11 is 0. The first-order valence-corrected chi connectivity index (χ1v) is 8.21. The second kappa shape index (κ2) is 6.37. The minimum absolute atomic E-state index is 0.0588. The summed E-state index contributed by atoms with van der Waals surface area (Å²) in [7, 11) is 1.62. The normalized spacial score (nSPS) is 15.7. The average molecular weight is 344 g/mol. The van der Waals surface area contributed by atoms with Crippen LogP contribution in [-0.4, -0.2) is 22.6 Å². The zero-order valence-electron chi connectivity index (χ0n) is 14.1. The second-order valence-corrected chi connectivity index (χ2v) is 6.09. The maximum Gasteiger partial charge on any atom is 0.226 e. The van der Waals surface area contributed by atoms with Crippen molar-refractivity contribution in [2.75, 3.05) is 12.4 Å². The third kappa shape index (κ3) is 2.70. The first-order chi connectivity index (χ1) is 12.7. The third-order valence-corrected chi connectivity index (χ3v) is 4.55. The Balaban J connectivity index is 1.78. The number of hydrogen-bond donors (Lipinski definition) is 1. The van der Waals surface area contributed by atoms with Crippen molar-refractivity contribution in [3.63, 3.8) is 0 Å². The van der Waals surface area contributed by atoms with E-state index in [1.807, 2.05) is 41.0 Å². The number of fused-ring (bicyclic) bond motifs is 1. The van der Waals surface area contributed by atoms with Crippen LogP contribution in [0.25, 0.3) is 5.69 Å². The number of nitriles is 1. The summed E-state index contributed by atoms with van der Waals surface area (Å²) in [6.45, 7) is 0. The highest BCUT2D eigenvalue weighted by molar-refractivity contribution is 5.94. The Kier molecular flexibility index (Phi) is 3.90. The lowest BCUT2D eigenvalue weighted by Gasteiger charge is -2.23. The molecule has 2 aromatic carbocycles. The number of benzene rings is 2. The number of ether oxygens (including phenoxy) is 1. The predicted molar refractivity (Wildman–Crippen MR) is 96.4 cm³/mol. The van der Waals surface area contributed by atoms with E-state index in [-0.39, 0.29) is 11.8 Å². The van der Waals surface area contributed by atoms with Crippen LogP contribution in [0.3, 0.4) is 0 Å². The molecular weight excluding hydrogens is 328 g/mol. The Morgan fingerprint density at radius 3 is 2.81 bits per heavy atom. The number of anilines is 1. The van der Waals surface area contributed by atoms with Crippen LogP contribution in [0, 0.1) is 11.3 Å². The Morgan fingerprint density at radius 2 is 2.08 bits per heavy atom. The number of carbonyl (C=O) groups is 1. The molecule has 1 atom stereocenters. The molecule has 0 aliphatic carbocycles. The monoisotopic (exact) mass is 344 g/mol. The van der Waals surface area contributed by atoms with Gasteiger partial charge in [-0.05, 0) is 29.8 Å². The molecule has 6 nitrogen and oxygen atoms in total. The Morgan fingerprint density at radius 1 is 1.27 bits per heavy atom. The van der Waals surface area contributed by atoms with Crippen molar-refractivity contribution < 1.29 is 9.53 Å². The summed E-state index contributed by atoms with van der Waals surface area (Å²) in [5, 5.41) is 11.9. The molecule has 0 radical (unpaired) electrons. The molecule has 2 heterocycles. The molecule has 0 bridgehead atoms. The highest BCUT2D eigenvalue weighted by Crippen LogP contribution is 2.37. The smallest absolute Gasteiger partial charge is 0.226 e. The van der Waals surface area contributed by atoms with Crippen molar-refractivity contribution >= 4 is 11.7 Å². The summed E-state index contributed by atoms with van der Waals surface area (Å²) in [5.74, 6) is 1.20. The summed E-state index contributed by atoms with van der Waals surface area (Å²) in [4.78, 5) is 16.9. The number of amides is 1. The molecule has 4 rings (SSSR count). The molecule has 0 unspecified atom stereocenters. The number of carbonyl (C=O) groups excluding carboxylic acids is 1. The van der Waals surface area contributed by atoms with Gasteiger partial charge in [-0.25, -0.2) is 4.98 Å². The minimum atomic E-state index is -0.140. The summed E-state index contributed by atoms with van der Waals surface area (Å²) in [6, 6.07) is 17.0. The molecule has 1 amide bonds. The van der Waals surface area contributed by atoms with E-state index in [4.69, 9.17) is 10.00 Å². The number of methoxy groups -OCH3 is 1. The molecule has 1 aliphatic heterocycles. The minimum Gasteiger partial charge on any atom is -0.497 e. The second-order valence-electron chi connectivity index (χ2n) is 6.09. The topological polar surface area (TPSA) is 79.9 Å². The zero-order valence-corrected chi connectivity index (χ0v) is 14.1. The Bertz CT molecular complexity index is 1020. The molecular formula is C20H16N4O2. The van der Waals surface area contributed by atoms with Crippen molar-refractivity contribution in [3.8, 4) is 17.5 Å². The van der Waals surface area contributed by atoms with Crippen LogP contribution in [0.5, 0.6) is 5.75 Å². The molecule has 3 aromatic rings. The van der Waals surface area contributed by atoms with Crippen molar-refractivity contribution in [1.29, 1.82) is 5.26 Å². The number of nitrogens with zero attached hydrogens (tertiary/aromatic N) is 3. The molecule has 0 saturated carbocycles. The van der Waals surface area contributed by atoms with E-state index >= 15 is 0 Å². The van der Waals surface area contributed by atoms with E-state index in [0.29, 0.717) is 17.8 Å².